The molecule has 1 aromatic carbocycles. The number of rotatable bonds is 4. The van der Waals surface area contributed by atoms with Crippen molar-refractivity contribution in [2.75, 3.05) is 6.61 Å². The molecule has 26 heavy (non-hydrogen) atoms. The molecule has 2 heteroatoms. The molecule has 144 valence electrons. The van der Waals surface area contributed by atoms with Gasteiger partial charge in [0.25, 0.3) is 0 Å². The molecule has 2 nitrogen and oxygen atoms in total. The van der Waals surface area contributed by atoms with Crippen LogP contribution in [-0.4, -0.2) is 12.1 Å². The molecule has 1 aliphatic heterocycles. The first-order chi connectivity index (χ1) is 12.5. The first-order valence-electron chi connectivity index (χ1n) is 11.0. The van der Waals surface area contributed by atoms with Crippen LogP contribution >= 0.6 is 0 Å². The van der Waals surface area contributed by atoms with Crippen molar-refractivity contribution < 1.29 is 4.74 Å². The lowest BCUT2D eigenvalue weighted by Crippen LogP contribution is -2.35. The number of fused-ring (bicyclic) bond motifs is 1. The lowest BCUT2D eigenvalue weighted by Gasteiger charge is -2.42. The molecular formula is C24H37NO. The lowest BCUT2D eigenvalue weighted by atomic mass is 9.63. The summed E-state index contributed by atoms with van der Waals surface area (Å²) in [6, 6.07) is 9.33. The van der Waals surface area contributed by atoms with Crippen molar-refractivity contribution in [2.45, 2.75) is 89.8 Å². The number of ether oxygens (including phenoxy) is 1. The van der Waals surface area contributed by atoms with Crippen molar-refractivity contribution in [1.29, 1.82) is 0 Å². The Hall–Kier alpha value is -0.860. The van der Waals surface area contributed by atoms with Gasteiger partial charge in [-0.25, -0.2) is 0 Å². The fourth-order valence-electron chi connectivity index (χ4n) is 5.81. The van der Waals surface area contributed by atoms with Gasteiger partial charge in [-0.15, -0.1) is 0 Å². The minimum Gasteiger partial charge on any atom is -0.357 e. The largest absolute Gasteiger partial charge is 0.357 e. The second-order valence-electron chi connectivity index (χ2n) is 9.88. The van der Waals surface area contributed by atoms with Crippen molar-refractivity contribution in [3.63, 3.8) is 0 Å². The highest BCUT2D eigenvalue weighted by molar-refractivity contribution is 5.28. The van der Waals surface area contributed by atoms with Crippen LogP contribution < -0.4 is 5.32 Å². The second-order valence-corrected chi connectivity index (χ2v) is 9.88. The minimum atomic E-state index is 0.0589. The smallest absolute Gasteiger partial charge is 0.134 e. The van der Waals surface area contributed by atoms with Crippen LogP contribution in [0.15, 0.2) is 24.3 Å². The molecule has 0 spiro atoms. The third-order valence-electron chi connectivity index (χ3n) is 7.26. The Labute approximate surface area is 160 Å². The van der Waals surface area contributed by atoms with Crippen molar-refractivity contribution in [3.8, 4) is 0 Å². The number of nitrogens with one attached hydrogen (secondary N) is 1. The molecule has 3 fully saturated rings. The van der Waals surface area contributed by atoms with Crippen molar-refractivity contribution in [2.24, 2.45) is 17.8 Å². The standard InChI is InChI=1S/C24H37NO/c1-4-5-17-6-7-22-15-21(13-12-20(22)14-17)18-8-10-19(11-9-18)23-25-24(2,3)16-26-23/h8-11,17,20-23,25H,4-7,12-16H2,1-3H3/t17?,20-,21-,22-,23?/m1/s1. The molecule has 1 saturated heterocycles. The quantitative estimate of drug-likeness (QED) is 0.696. The van der Waals surface area contributed by atoms with E-state index in [2.05, 4.69) is 50.4 Å². The fraction of sp³-hybridized carbons (Fsp3) is 0.750. The Morgan fingerprint density at radius 1 is 0.962 bits per heavy atom. The maximum absolute atomic E-state index is 5.93. The lowest BCUT2D eigenvalue weighted by molar-refractivity contribution is 0.0988. The SMILES string of the molecule is CCCC1CC[C@@H]2C[C@H](c3ccc(C4NC(C)(C)CO4)cc3)CC[C@@H]2C1. The first kappa shape index (κ1) is 18.5. The van der Waals surface area contributed by atoms with Crippen LogP contribution in [0.1, 0.15) is 95.4 Å². The van der Waals surface area contributed by atoms with Gasteiger partial charge in [0.1, 0.15) is 6.23 Å². The van der Waals surface area contributed by atoms with E-state index in [4.69, 9.17) is 4.74 Å². The molecule has 0 amide bonds. The summed E-state index contributed by atoms with van der Waals surface area (Å²) in [6.07, 6.45) is 11.7. The molecule has 0 radical (unpaired) electrons. The van der Waals surface area contributed by atoms with E-state index >= 15 is 0 Å². The van der Waals surface area contributed by atoms with E-state index < -0.39 is 0 Å². The summed E-state index contributed by atoms with van der Waals surface area (Å²) in [5, 5.41) is 3.57. The third kappa shape index (κ3) is 4.02. The summed E-state index contributed by atoms with van der Waals surface area (Å²) in [5.41, 5.74) is 2.91. The van der Waals surface area contributed by atoms with Gasteiger partial charge in [-0.1, -0.05) is 50.5 Å². The molecule has 1 N–H and O–H groups in total. The average Bonchev–Trinajstić information content (AvgIpc) is 3.01. The van der Waals surface area contributed by atoms with Crippen molar-refractivity contribution in [1.82, 2.24) is 5.32 Å². The van der Waals surface area contributed by atoms with Gasteiger partial charge in [0, 0.05) is 5.54 Å². The normalized spacial score (nSPS) is 36.7. The van der Waals surface area contributed by atoms with Crippen LogP contribution in [0.25, 0.3) is 0 Å². The fourth-order valence-corrected chi connectivity index (χ4v) is 5.81. The van der Waals surface area contributed by atoms with Gasteiger partial charge in [-0.05, 0) is 80.8 Å². The van der Waals surface area contributed by atoms with Gasteiger partial charge >= 0.3 is 0 Å². The molecule has 0 bridgehead atoms. The van der Waals surface area contributed by atoms with E-state index in [1.807, 2.05) is 0 Å². The summed E-state index contributed by atoms with van der Waals surface area (Å²) in [4.78, 5) is 0. The molecule has 5 atom stereocenters. The summed E-state index contributed by atoms with van der Waals surface area (Å²) in [5.74, 6) is 3.82. The van der Waals surface area contributed by atoms with E-state index in [1.165, 1.54) is 56.9 Å². The topological polar surface area (TPSA) is 21.3 Å². The third-order valence-corrected chi connectivity index (χ3v) is 7.26. The molecule has 2 saturated carbocycles. The zero-order valence-electron chi connectivity index (χ0n) is 17.0. The van der Waals surface area contributed by atoms with E-state index in [0.717, 1.165) is 30.3 Å². The molecule has 3 aliphatic rings. The predicted octanol–water partition coefficient (Wildman–Crippen LogP) is 6.18. The summed E-state index contributed by atoms with van der Waals surface area (Å²) in [6.45, 7) is 7.54. The molecule has 0 aromatic heterocycles. The molecule has 1 heterocycles. The highest BCUT2D eigenvalue weighted by Crippen LogP contribution is 2.48. The van der Waals surface area contributed by atoms with Crippen LogP contribution in [0.5, 0.6) is 0 Å². The van der Waals surface area contributed by atoms with Crippen molar-refractivity contribution >= 4 is 0 Å². The van der Waals surface area contributed by atoms with Gasteiger partial charge in [-0.2, -0.15) is 0 Å². The zero-order valence-corrected chi connectivity index (χ0v) is 17.0. The highest BCUT2D eigenvalue weighted by atomic mass is 16.5. The molecule has 1 aromatic rings. The highest BCUT2D eigenvalue weighted by Gasteiger charge is 2.36. The maximum atomic E-state index is 5.93. The van der Waals surface area contributed by atoms with Gasteiger partial charge in [0.15, 0.2) is 0 Å². The Morgan fingerprint density at radius 2 is 1.65 bits per heavy atom. The Kier molecular flexibility index (Phi) is 5.43. The molecule has 2 aliphatic carbocycles. The van der Waals surface area contributed by atoms with E-state index in [9.17, 15) is 0 Å². The number of hydrogen-bond donors (Lipinski definition) is 1. The van der Waals surface area contributed by atoms with Crippen LogP contribution in [0.2, 0.25) is 0 Å². The number of hydrogen-bond acceptors (Lipinski definition) is 2. The first-order valence-corrected chi connectivity index (χ1v) is 11.0. The van der Waals surface area contributed by atoms with E-state index in [0.29, 0.717) is 0 Å². The van der Waals surface area contributed by atoms with Gasteiger partial charge in [0.05, 0.1) is 6.61 Å². The Bertz CT molecular complexity index is 593. The predicted molar refractivity (Wildman–Crippen MR) is 108 cm³/mol. The van der Waals surface area contributed by atoms with Crippen LogP contribution in [0, 0.1) is 17.8 Å². The summed E-state index contributed by atoms with van der Waals surface area (Å²) in [7, 11) is 0. The number of benzene rings is 1. The van der Waals surface area contributed by atoms with Gasteiger partial charge in [-0.3, -0.25) is 5.32 Å². The second kappa shape index (κ2) is 7.64. The maximum Gasteiger partial charge on any atom is 0.134 e. The monoisotopic (exact) mass is 355 g/mol. The van der Waals surface area contributed by atoms with Crippen LogP contribution in [-0.2, 0) is 4.74 Å². The van der Waals surface area contributed by atoms with Gasteiger partial charge < -0.3 is 4.74 Å². The van der Waals surface area contributed by atoms with Gasteiger partial charge in [0.2, 0.25) is 0 Å². The Morgan fingerprint density at radius 3 is 2.35 bits per heavy atom. The zero-order chi connectivity index (χ0) is 18.1. The van der Waals surface area contributed by atoms with Crippen molar-refractivity contribution in [3.05, 3.63) is 35.4 Å². The summed E-state index contributed by atoms with van der Waals surface area (Å²) >= 11 is 0. The molecular weight excluding hydrogens is 318 g/mol. The summed E-state index contributed by atoms with van der Waals surface area (Å²) < 4.78 is 5.93. The van der Waals surface area contributed by atoms with Crippen LogP contribution in [0.3, 0.4) is 0 Å². The molecule has 2 unspecified atom stereocenters. The van der Waals surface area contributed by atoms with E-state index in [1.54, 1.807) is 5.56 Å². The minimum absolute atomic E-state index is 0.0589. The van der Waals surface area contributed by atoms with E-state index in [-0.39, 0.29) is 11.8 Å². The molecule has 4 rings (SSSR count). The Balaban J connectivity index is 1.36. The average molecular weight is 356 g/mol. The van der Waals surface area contributed by atoms with Crippen LogP contribution in [0.4, 0.5) is 0 Å².